The van der Waals surface area contributed by atoms with Crippen LogP contribution in [0.4, 0.5) is 26.3 Å². The Morgan fingerprint density at radius 2 is 0.773 bits per heavy atom. The van der Waals surface area contributed by atoms with Gasteiger partial charge in [0.2, 0.25) is 0 Å². The SMILES string of the molecule is FC(F)(F)c1ccc(-c2snc(-c3ccccc3)c2SSc2c(-c3ccccc3)nsc2-c2ccc(C(F)(F)F)cc2)cc1. The highest BCUT2D eigenvalue weighted by Crippen LogP contribution is 2.53. The molecule has 0 fully saturated rings. The van der Waals surface area contributed by atoms with Gasteiger partial charge in [-0.25, -0.2) is 0 Å². The summed E-state index contributed by atoms with van der Waals surface area (Å²) < 4.78 is 89.0. The fourth-order valence-corrected chi connectivity index (χ4v) is 9.37. The van der Waals surface area contributed by atoms with Crippen molar-refractivity contribution in [1.82, 2.24) is 8.75 Å². The molecule has 4 aromatic carbocycles. The molecular formula is C32H18F6N2S4. The van der Waals surface area contributed by atoms with Crippen molar-refractivity contribution in [2.24, 2.45) is 0 Å². The van der Waals surface area contributed by atoms with Crippen molar-refractivity contribution in [1.29, 1.82) is 0 Å². The Kier molecular flexibility index (Phi) is 8.60. The minimum atomic E-state index is -4.46. The zero-order valence-corrected chi connectivity index (χ0v) is 25.5. The minimum Gasteiger partial charge on any atom is -0.191 e. The molecule has 0 amide bonds. The lowest BCUT2D eigenvalue weighted by Gasteiger charge is -2.11. The number of alkyl halides is 6. The first kappa shape index (κ1) is 30.4. The molecule has 222 valence electrons. The van der Waals surface area contributed by atoms with Crippen LogP contribution in [0.3, 0.4) is 0 Å². The number of nitrogens with zero attached hydrogens (tertiary/aromatic N) is 2. The Labute approximate surface area is 264 Å². The van der Waals surface area contributed by atoms with E-state index in [0.29, 0.717) is 32.3 Å². The average molecular weight is 673 g/mol. The second kappa shape index (κ2) is 12.4. The Balaban J connectivity index is 1.43. The molecule has 0 radical (unpaired) electrons. The van der Waals surface area contributed by atoms with Crippen LogP contribution < -0.4 is 0 Å². The quantitative estimate of drug-likeness (QED) is 0.125. The van der Waals surface area contributed by atoms with Crippen LogP contribution in [0.2, 0.25) is 0 Å². The molecule has 0 N–H and O–H groups in total. The molecule has 2 aromatic heterocycles. The lowest BCUT2D eigenvalue weighted by atomic mass is 10.1. The lowest BCUT2D eigenvalue weighted by molar-refractivity contribution is -0.138. The number of halogens is 6. The monoisotopic (exact) mass is 672 g/mol. The van der Waals surface area contributed by atoms with Crippen LogP contribution >= 0.6 is 44.7 Å². The van der Waals surface area contributed by atoms with E-state index in [1.807, 2.05) is 60.7 Å². The van der Waals surface area contributed by atoms with Crippen molar-refractivity contribution >= 4 is 44.7 Å². The summed E-state index contributed by atoms with van der Waals surface area (Å²) in [5.74, 6) is 0. The summed E-state index contributed by atoms with van der Waals surface area (Å²) in [5.41, 5.74) is 2.77. The van der Waals surface area contributed by atoms with E-state index in [0.717, 1.165) is 45.2 Å². The molecule has 2 nitrogen and oxygen atoms in total. The maximum Gasteiger partial charge on any atom is 0.416 e. The fraction of sp³-hybridized carbons (Fsp3) is 0.0625. The van der Waals surface area contributed by atoms with Gasteiger partial charge in [-0.2, -0.15) is 35.1 Å². The van der Waals surface area contributed by atoms with Gasteiger partial charge in [0.1, 0.15) is 0 Å². The average Bonchev–Trinajstić information content (AvgIpc) is 3.65. The Morgan fingerprint density at radius 3 is 1.09 bits per heavy atom. The van der Waals surface area contributed by atoms with Crippen molar-refractivity contribution in [2.45, 2.75) is 22.1 Å². The van der Waals surface area contributed by atoms with Gasteiger partial charge in [-0.05, 0) is 80.0 Å². The second-order valence-electron chi connectivity index (χ2n) is 9.43. The Hall–Kier alpha value is -3.58. The highest BCUT2D eigenvalue weighted by molar-refractivity contribution is 8.76. The predicted octanol–water partition coefficient (Wildman–Crippen LogP) is 12.1. The molecule has 0 bridgehead atoms. The maximum atomic E-state index is 13.3. The largest absolute Gasteiger partial charge is 0.416 e. The normalized spacial score (nSPS) is 12.0. The summed E-state index contributed by atoms with van der Waals surface area (Å²) in [6.07, 6.45) is -8.91. The lowest BCUT2D eigenvalue weighted by Crippen LogP contribution is -2.03. The van der Waals surface area contributed by atoms with E-state index in [2.05, 4.69) is 0 Å². The summed E-state index contributed by atoms with van der Waals surface area (Å²) in [6.45, 7) is 0. The van der Waals surface area contributed by atoms with Gasteiger partial charge < -0.3 is 0 Å². The van der Waals surface area contributed by atoms with E-state index < -0.39 is 23.5 Å². The third-order valence-corrected chi connectivity index (χ3v) is 11.1. The van der Waals surface area contributed by atoms with Crippen LogP contribution in [0, 0.1) is 0 Å². The van der Waals surface area contributed by atoms with Gasteiger partial charge in [-0.15, -0.1) is 0 Å². The molecule has 6 aromatic rings. The first-order chi connectivity index (χ1) is 21.1. The molecule has 12 heteroatoms. The smallest absolute Gasteiger partial charge is 0.191 e. The van der Waals surface area contributed by atoms with Gasteiger partial charge >= 0.3 is 12.4 Å². The molecule has 0 saturated heterocycles. The minimum absolute atomic E-state index is 0.593. The predicted molar refractivity (Wildman–Crippen MR) is 168 cm³/mol. The van der Waals surface area contributed by atoms with Crippen LogP contribution in [0.15, 0.2) is 119 Å². The van der Waals surface area contributed by atoms with Crippen LogP contribution in [0.5, 0.6) is 0 Å². The van der Waals surface area contributed by atoms with Crippen LogP contribution in [0.1, 0.15) is 11.1 Å². The van der Waals surface area contributed by atoms with Gasteiger partial charge in [0.05, 0.1) is 42.1 Å². The number of rotatable bonds is 7. The standard InChI is InChI=1S/C32H18F6N2S4/c33-31(34,35)23-15-11-21(12-16-23)27-29(25(39-41-27)19-7-3-1-4-8-19)43-44-30-26(20-9-5-2-6-10-20)40-42-28(30)22-13-17-24(18-14-22)32(36,37)38/h1-18H. The second-order valence-corrected chi connectivity index (χ2v) is 13.1. The fourth-order valence-electron chi connectivity index (χ4n) is 4.35. The van der Waals surface area contributed by atoms with Crippen molar-refractivity contribution in [3.8, 4) is 43.4 Å². The van der Waals surface area contributed by atoms with Gasteiger partial charge in [0.15, 0.2) is 0 Å². The topological polar surface area (TPSA) is 25.8 Å². The third kappa shape index (κ3) is 6.44. The van der Waals surface area contributed by atoms with E-state index >= 15 is 0 Å². The van der Waals surface area contributed by atoms with Crippen LogP contribution in [0.25, 0.3) is 43.4 Å². The zero-order valence-electron chi connectivity index (χ0n) is 22.2. The van der Waals surface area contributed by atoms with Crippen molar-refractivity contribution < 1.29 is 26.3 Å². The van der Waals surface area contributed by atoms with Crippen molar-refractivity contribution in [2.75, 3.05) is 0 Å². The summed E-state index contributed by atoms with van der Waals surface area (Å²) in [4.78, 5) is 2.93. The summed E-state index contributed by atoms with van der Waals surface area (Å²) in [5, 5.41) is 0. The molecule has 0 aliphatic rings. The molecule has 0 unspecified atom stereocenters. The molecule has 2 heterocycles. The van der Waals surface area contributed by atoms with Crippen LogP contribution in [-0.4, -0.2) is 8.75 Å². The highest BCUT2D eigenvalue weighted by Gasteiger charge is 2.31. The van der Waals surface area contributed by atoms with E-state index in [1.165, 1.54) is 68.9 Å². The van der Waals surface area contributed by atoms with Gasteiger partial charge in [0.25, 0.3) is 0 Å². The molecule has 0 aliphatic heterocycles. The zero-order chi connectivity index (χ0) is 30.9. The molecule has 6 rings (SSSR count). The van der Waals surface area contributed by atoms with Crippen molar-refractivity contribution in [3.05, 3.63) is 120 Å². The van der Waals surface area contributed by atoms with Gasteiger partial charge in [-0.3, -0.25) is 0 Å². The molecule has 44 heavy (non-hydrogen) atoms. The molecular weight excluding hydrogens is 655 g/mol. The summed E-state index contributed by atoms with van der Waals surface area (Å²) in [7, 11) is 2.78. The Morgan fingerprint density at radius 1 is 0.432 bits per heavy atom. The van der Waals surface area contributed by atoms with Crippen molar-refractivity contribution in [3.63, 3.8) is 0 Å². The van der Waals surface area contributed by atoms with E-state index in [1.54, 1.807) is 0 Å². The Bertz CT molecular complexity index is 1720. The van der Waals surface area contributed by atoms with Crippen LogP contribution in [-0.2, 0) is 12.4 Å². The molecule has 0 aliphatic carbocycles. The summed E-state index contributed by atoms with van der Waals surface area (Å²) >= 11 is 2.39. The van der Waals surface area contributed by atoms with E-state index in [4.69, 9.17) is 8.75 Å². The first-order valence-corrected chi connectivity index (χ1v) is 16.6. The first-order valence-electron chi connectivity index (χ1n) is 12.9. The molecule has 0 spiro atoms. The third-order valence-electron chi connectivity index (χ3n) is 6.55. The number of hydrogen-bond acceptors (Lipinski definition) is 6. The molecule has 0 atom stereocenters. The van der Waals surface area contributed by atoms with Gasteiger partial charge in [-0.1, -0.05) is 84.9 Å². The number of aromatic nitrogens is 2. The molecule has 0 saturated carbocycles. The summed E-state index contributed by atoms with van der Waals surface area (Å²) in [6, 6.07) is 28.9. The van der Waals surface area contributed by atoms with E-state index in [9.17, 15) is 26.3 Å². The van der Waals surface area contributed by atoms with E-state index in [-0.39, 0.29) is 0 Å². The van der Waals surface area contributed by atoms with Gasteiger partial charge in [0, 0.05) is 11.1 Å². The number of hydrogen-bond donors (Lipinski definition) is 0. The number of benzene rings is 4. The highest BCUT2D eigenvalue weighted by atomic mass is 33.1. The maximum absolute atomic E-state index is 13.3.